The van der Waals surface area contributed by atoms with Gasteiger partial charge >= 0.3 is 12.1 Å². The van der Waals surface area contributed by atoms with Gasteiger partial charge in [-0.05, 0) is 68.5 Å². The second kappa shape index (κ2) is 10.2. The van der Waals surface area contributed by atoms with Gasteiger partial charge in [0.25, 0.3) is 5.91 Å². The summed E-state index contributed by atoms with van der Waals surface area (Å²) in [5, 5.41) is 18.0. The number of anilines is 3. The maximum Gasteiger partial charge on any atom is 0.417 e. The van der Waals surface area contributed by atoms with E-state index in [0.717, 1.165) is 48.9 Å². The molecule has 2 saturated heterocycles. The molecule has 200 valence electrons. The van der Waals surface area contributed by atoms with Gasteiger partial charge in [-0.3, -0.25) is 19.4 Å². The van der Waals surface area contributed by atoms with Gasteiger partial charge in [-0.15, -0.1) is 0 Å². The van der Waals surface area contributed by atoms with Crippen LogP contribution in [0.1, 0.15) is 31.4 Å². The van der Waals surface area contributed by atoms with Crippen LogP contribution in [0.25, 0.3) is 0 Å². The summed E-state index contributed by atoms with van der Waals surface area (Å²) in [7, 11) is 0. The largest absolute Gasteiger partial charge is 0.481 e. The van der Waals surface area contributed by atoms with Crippen molar-refractivity contribution in [3.63, 3.8) is 0 Å². The number of alkyl halides is 3. The molecular formula is C26H26F3N5O3S. The van der Waals surface area contributed by atoms with Crippen LogP contribution < -0.4 is 14.7 Å². The number of thiocarbonyl (C=S) groups is 1. The summed E-state index contributed by atoms with van der Waals surface area (Å²) in [6, 6.07) is 12.1. The highest BCUT2D eigenvalue weighted by molar-refractivity contribution is 7.81. The molecule has 2 heterocycles. The van der Waals surface area contributed by atoms with Crippen molar-refractivity contribution in [1.82, 2.24) is 4.90 Å². The van der Waals surface area contributed by atoms with E-state index in [4.69, 9.17) is 22.6 Å². The molecule has 12 heteroatoms. The fourth-order valence-corrected chi connectivity index (χ4v) is 5.28. The Kier molecular flexibility index (Phi) is 7.36. The van der Waals surface area contributed by atoms with E-state index in [0.29, 0.717) is 12.2 Å². The van der Waals surface area contributed by atoms with Gasteiger partial charge in [-0.2, -0.15) is 18.4 Å². The number of benzene rings is 2. The van der Waals surface area contributed by atoms with Gasteiger partial charge in [0.05, 0.1) is 29.3 Å². The summed E-state index contributed by atoms with van der Waals surface area (Å²) in [6.45, 7) is 6.77. The average Bonchev–Trinajstić information content (AvgIpc) is 3.05. The molecule has 2 aliphatic rings. The van der Waals surface area contributed by atoms with Gasteiger partial charge in [-0.1, -0.05) is 0 Å². The Bertz CT molecular complexity index is 1300. The smallest absolute Gasteiger partial charge is 0.417 e. The van der Waals surface area contributed by atoms with Crippen molar-refractivity contribution < 1.29 is 27.9 Å². The zero-order valence-corrected chi connectivity index (χ0v) is 21.6. The predicted octanol–water partition coefficient (Wildman–Crippen LogP) is 4.09. The summed E-state index contributed by atoms with van der Waals surface area (Å²) in [4.78, 5) is 31.2. The Balaban J connectivity index is 1.55. The van der Waals surface area contributed by atoms with Crippen LogP contribution in [0.5, 0.6) is 0 Å². The van der Waals surface area contributed by atoms with E-state index in [2.05, 4.69) is 9.80 Å². The minimum absolute atomic E-state index is 0.0395. The molecule has 1 amide bonds. The third-order valence-electron chi connectivity index (χ3n) is 6.84. The lowest BCUT2D eigenvalue weighted by atomic mass is 10.0. The first kappa shape index (κ1) is 27.3. The van der Waals surface area contributed by atoms with Crippen LogP contribution in [0, 0.1) is 11.3 Å². The van der Waals surface area contributed by atoms with Crippen molar-refractivity contribution in [3.8, 4) is 6.07 Å². The SMILES string of the molecule is CC1(C)C(=O)N(c2ccc(C#N)c(C(F)(F)F)c2)C(=S)N1c1ccc(N2CCN(CCC(=O)O)CC2)cc1. The fraction of sp³-hybridized carbons (Fsp3) is 0.385. The van der Waals surface area contributed by atoms with E-state index in [1.54, 1.807) is 24.8 Å². The number of nitriles is 1. The molecule has 0 saturated carbocycles. The molecule has 2 aromatic rings. The lowest BCUT2D eigenvalue weighted by molar-refractivity contribution is -0.138. The van der Waals surface area contributed by atoms with E-state index in [9.17, 15) is 22.8 Å². The number of nitrogens with zero attached hydrogens (tertiary/aromatic N) is 5. The van der Waals surface area contributed by atoms with Crippen molar-refractivity contribution >= 4 is 46.3 Å². The lowest BCUT2D eigenvalue weighted by Gasteiger charge is -2.36. The second-order valence-electron chi connectivity index (χ2n) is 9.65. The van der Waals surface area contributed by atoms with Crippen LogP contribution in [0.3, 0.4) is 0 Å². The molecule has 2 aromatic carbocycles. The molecule has 1 N–H and O–H groups in total. The highest BCUT2D eigenvalue weighted by atomic mass is 32.1. The van der Waals surface area contributed by atoms with Crippen molar-refractivity contribution in [2.45, 2.75) is 32.0 Å². The molecular weight excluding hydrogens is 519 g/mol. The number of rotatable bonds is 6. The number of hydrogen-bond acceptors (Lipinski definition) is 6. The lowest BCUT2D eigenvalue weighted by Crippen LogP contribution is -2.47. The molecule has 0 atom stereocenters. The monoisotopic (exact) mass is 545 g/mol. The molecule has 4 rings (SSSR count). The number of amides is 1. The first-order chi connectivity index (χ1) is 17.8. The minimum Gasteiger partial charge on any atom is -0.481 e. The van der Waals surface area contributed by atoms with Gasteiger partial charge in [0.1, 0.15) is 5.54 Å². The fourth-order valence-electron chi connectivity index (χ4n) is 4.76. The van der Waals surface area contributed by atoms with Crippen molar-refractivity contribution in [2.24, 2.45) is 0 Å². The summed E-state index contributed by atoms with van der Waals surface area (Å²) in [5.41, 5.74) is -1.31. The number of carbonyl (C=O) groups is 2. The molecule has 8 nitrogen and oxygen atoms in total. The van der Waals surface area contributed by atoms with Gasteiger partial charge in [0.2, 0.25) is 0 Å². The quantitative estimate of drug-likeness (QED) is 0.543. The summed E-state index contributed by atoms with van der Waals surface area (Å²) in [6.07, 6.45) is -4.66. The third-order valence-corrected chi connectivity index (χ3v) is 7.21. The number of halogens is 3. The van der Waals surface area contributed by atoms with Crippen LogP contribution >= 0.6 is 12.2 Å². The van der Waals surface area contributed by atoms with Gasteiger partial charge in [-0.25, -0.2) is 0 Å². The molecule has 0 radical (unpaired) electrons. The maximum atomic E-state index is 13.5. The van der Waals surface area contributed by atoms with Crippen LogP contribution in [0.4, 0.5) is 30.2 Å². The van der Waals surface area contributed by atoms with E-state index in [1.807, 2.05) is 24.3 Å². The topological polar surface area (TPSA) is 91.1 Å². The van der Waals surface area contributed by atoms with Crippen molar-refractivity contribution in [1.29, 1.82) is 5.26 Å². The number of piperazine rings is 1. The zero-order valence-electron chi connectivity index (χ0n) is 20.8. The van der Waals surface area contributed by atoms with E-state index >= 15 is 0 Å². The standard InChI is InChI=1S/C26H26F3N5O3S/c1-25(2)23(37)33(20-4-3-17(16-30)21(15-20)26(27,28)29)24(38)34(25)19-7-5-18(6-8-19)32-13-11-31(12-14-32)10-9-22(35)36/h3-8,15H,9-14H2,1-2H3,(H,35,36). The first-order valence-electron chi connectivity index (χ1n) is 11.9. The molecule has 38 heavy (non-hydrogen) atoms. The normalized spacial score (nSPS) is 18.2. The molecule has 2 aliphatic heterocycles. The van der Waals surface area contributed by atoms with Crippen molar-refractivity contribution in [2.75, 3.05) is 47.4 Å². The maximum absolute atomic E-state index is 13.5. The van der Waals surface area contributed by atoms with Gasteiger partial charge < -0.3 is 14.9 Å². The summed E-state index contributed by atoms with van der Waals surface area (Å²) >= 11 is 5.59. The molecule has 0 unspecified atom stereocenters. The second-order valence-corrected chi connectivity index (χ2v) is 10.0. The Hall–Kier alpha value is -3.69. The Morgan fingerprint density at radius 1 is 1.05 bits per heavy atom. The Morgan fingerprint density at radius 2 is 1.63 bits per heavy atom. The zero-order chi connectivity index (χ0) is 27.8. The highest BCUT2D eigenvalue weighted by Crippen LogP contribution is 2.40. The number of carboxylic acid groups (broad SMARTS) is 1. The van der Waals surface area contributed by atoms with E-state index in [-0.39, 0.29) is 17.2 Å². The Labute approximate surface area is 223 Å². The summed E-state index contributed by atoms with van der Waals surface area (Å²) in [5.74, 6) is -1.30. The van der Waals surface area contributed by atoms with Gasteiger partial charge in [0, 0.05) is 44.1 Å². The van der Waals surface area contributed by atoms with E-state index < -0.39 is 34.7 Å². The predicted molar refractivity (Wildman–Crippen MR) is 140 cm³/mol. The molecule has 0 spiro atoms. The third kappa shape index (κ3) is 5.16. The van der Waals surface area contributed by atoms with Crippen molar-refractivity contribution in [3.05, 3.63) is 53.6 Å². The molecule has 0 aromatic heterocycles. The minimum atomic E-state index is -4.77. The highest BCUT2D eigenvalue weighted by Gasteiger charge is 2.50. The summed E-state index contributed by atoms with van der Waals surface area (Å²) < 4.78 is 40.6. The molecule has 0 aliphatic carbocycles. The number of aliphatic carboxylic acids is 1. The van der Waals surface area contributed by atoms with Gasteiger partial charge in [0.15, 0.2) is 5.11 Å². The first-order valence-corrected chi connectivity index (χ1v) is 12.3. The number of carboxylic acids is 1. The number of carbonyl (C=O) groups excluding carboxylic acids is 1. The van der Waals surface area contributed by atoms with Crippen LogP contribution in [0.15, 0.2) is 42.5 Å². The van der Waals surface area contributed by atoms with E-state index in [1.165, 1.54) is 6.07 Å². The molecule has 0 bridgehead atoms. The number of hydrogen-bond donors (Lipinski definition) is 1. The van der Waals surface area contributed by atoms with Crippen LogP contribution in [-0.2, 0) is 15.8 Å². The average molecular weight is 546 g/mol. The molecule has 2 fully saturated rings. The van der Waals surface area contributed by atoms with Crippen LogP contribution in [0.2, 0.25) is 0 Å². The Morgan fingerprint density at radius 3 is 2.18 bits per heavy atom. The van der Waals surface area contributed by atoms with Crippen LogP contribution in [-0.4, -0.2) is 65.3 Å².